The van der Waals surface area contributed by atoms with Gasteiger partial charge in [0, 0.05) is 12.5 Å². The number of anilines is 1. The summed E-state index contributed by atoms with van der Waals surface area (Å²) in [7, 11) is 0. The van der Waals surface area contributed by atoms with Gasteiger partial charge in [-0.3, -0.25) is 0 Å². The molecule has 0 atom stereocenters. The number of aryl methyl sites for hydroxylation is 1. The zero-order valence-corrected chi connectivity index (χ0v) is 11.4. The lowest BCUT2D eigenvalue weighted by molar-refractivity contribution is 0.129. The maximum absolute atomic E-state index is 5.94. The molecule has 100 valence electrons. The summed E-state index contributed by atoms with van der Waals surface area (Å²) in [5.41, 5.74) is 5.79. The van der Waals surface area contributed by atoms with Crippen LogP contribution in [-0.2, 0) is 6.42 Å². The Morgan fingerprint density at radius 1 is 1.28 bits per heavy atom. The number of hydrogen-bond acceptors (Lipinski definition) is 4. The van der Waals surface area contributed by atoms with Crippen LogP contribution in [0.1, 0.15) is 51.8 Å². The first-order valence-corrected chi connectivity index (χ1v) is 6.97. The van der Waals surface area contributed by atoms with Crippen LogP contribution in [0, 0.1) is 5.92 Å². The van der Waals surface area contributed by atoms with Crippen LogP contribution in [0.5, 0.6) is 5.88 Å². The minimum Gasteiger partial charge on any atom is -0.474 e. The highest BCUT2D eigenvalue weighted by Crippen LogP contribution is 2.26. The molecule has 1 heterocycles. The second-order valence-corrected chi connectivity index (χ2v) is 5.30. The topological polar surface area (TPSA) is 61.0 Å². The third kappa shape index (κ3) is 3.59. The summed E-state index contributed by atoms with van der Waals surface area (Å²) in [4.78, 5) is 8.64. The van der Waals surface area contributed by atoms with E-state index in [0.29, 0.717) is 17.8 Å². The van der Waals surface area contributed by atoms with Crippen LogP contribution in [0.4, 0.5) is 5.82 Å². The second kappa shape index (κ2) is 6.03. The number of ether oxygens (including phenoxy) is 1. The quantitative estimate of drug-likeness (QED) is 0.891. The SMILES string of the molecule is CCCc1nc(N)cc(OC2CCC(C)CC2)n1. The third-order valence-corrected chi connectivity index (χ3v) is 3.49. The zero-order valence-electron chi connectivity index (χ0n) is 11.4. The number of nitrogens with two attached hydrogens (primary N) is 1. The van der Waals surface area contributed by atoms with Crippen molar-refractivity contribution in [2.45, 2.75) is 58.5 Å². The molecule has 1 fully saturated rings. The highest BCUT2D eigenvalue weighted by atomic mass is 16.5. The Bertz CT molecular complexity index is 387. The smallest absolute Gasteiger partial charge is 0.218 e. The van der Waals surface area contributed by atoms with Gasteiger partial charge in [0.15, 0.2) is 0 Å². The minimum atomic E-state index is 0.296. The van der Waals surface area contributed by atoms with Crippen LogP contribution < -0.4 is 10.5 Å². The molecule has 1 saturated carbocycles. The van der Waals surface area contributed by atoms with Crippen molar-refractivity contribution in [2.24, 2.45) is 5.92 Å². The zero-order chi connectivity index (χ0) is 13.0. The molecule has 1 aliphatic rings. The van der Waals surface area contributed by atoms with E-state index in [4.69, 9.17) is 10.5 Å². The fourth-order valence-electron chi connectivity index (χ4n) is 2.41. The molecule has 0 bridgehead atoms. The largest absolute Gasteiger partial charge is 0.474 e. The Morgan fingerprint density at radius 3 is 2.67 bits per heavy atom. The molecular weight excluding hydrogens is 226 g/mol. The van der Waals surface area contributed by atoms with Crippen LogP contribution in [0.2, 0.25) is 0 Å². The molecule has 0 amide bonds. The standard InChI is InChI=1S/C14H23N3O/c1-3-4-13-16-12(15)9-14(17-13)18-11-7-5-10(2)6-8-11/h9-11H,3-8H2,1-2H3,(H2,15,16,17). The fourth-order valence-corrected chi connectivity index (χ4v) is 2.41. The molecule has 1 aliphatic carbocycles. The molecule has 0 aromatic carbocycles. The lowest BCUT2D eigenvalue weighted by Crippen LogP contribution is -2.23. The number of hydrogen-bond donors (Lipinski definition) is 1. The molecule has 1 aromatic heterocycles. The molecule has 0 unspecified atom stereocenters. The Morgan fingerprint density at radius 2 is 2.00 bits per heavy atom. The van der Waals surface area contributed by atoms with Crippen LogP contribution in [0.25, 0.3) is 0 Å². The van der Waals surface area contributed by atoms with Crippen molar-refractivity contribution in [3.63, 3.8) is 0 Å². The van der Waals surface area contributed by atoms with Crippen molar-refractivity contribution in [3.8, 4) is 5.88 Å². The molecule has 2 N–H and O–H groups in total. The van der Waals surface area contributed by atoms with Gasteiger partial charge in [-0.15, -0.1) is 0 Å². The van der Waals surface area contributed by atoms with E-state index in [9.17, 15) is 0 Å². The molecule has 0 radical (unpaired) electrons. The lowest BCUT2D eigenvalue weighted by Gasteiger charge is -2.26. The van der Waals surface area contributed by atoms with Crippen molar-refractivity contribution in [1.82, 2.24) is 9.97 Å². The van der Waals surface area contributed by atoms with Crippen molar-refractivity contribution >= 4 is 5.82 Å². The first kappa shape index (κ1) is 13.1. The van der Waals surface area contributed by atoms with Crippen LogP contribution >= 0.6 is 0 Å². The van der Waals surface area contributed by atoms with E-state index in [0.717, 1.165) is 37.4 Å². The normalized spacial score (nSPS) is 23.9. The Balaban J connectivity index is 2.00. The van der Waals surface area contributed by atoms with Gasteiger partial charge in [-0.25, -0.2) is 4.98 Å². The van der Waals surface area contributed by atoms with Gasteiger partial charge in [0.2, 0.25) is 5.88 Å². The van der Waals surface area contributed by atoms with E-state index in [1.54, 1.807) is 6.07 Å². The number of nitrogens with zero attached hydrogens (tertiary/aromatic N) is 2. The fraction of sp³-hybridized carbons (Fsp3) is 0.714. The van der Waals surface area contributed by atoms with Crippen molar-refractivity contribution < 1.29 is 4.74 Å². The summed E-state index contributed by atoms with van der Waals surface area (Å²) < 4.78 is 5.94. The van der Waals surface area contributed by atoms with E-state index < -0.39 is 0 Å². The summed E-state index contributed by atoms with van der Waals surface area (Å²) >= 11 is 0. The highest BCUT2D eigenvalue weighted by molar-refractivity contribution is 5.33. The van der Waals surface area contributed by atoms with Crippen molar-refractivity contribution in [3.05, 3.63) is 11.9 Å². The molecule has 0 saturated heterocycles. The molecule has 18 heavy (non-hydrogen) atoms. The summed E-state index contributed by atoms with van der Waals surface area (Å²) in [5, 5.41) is 0. The van der Waals surface area contributed by atoms with Gasteiger partial charge < -0.3 is 10.5 Å². The number of nitrogen functional groups attached to an aromatic ring is 1. The first-order chi connectivity index (χ1) is 8.67. The van der Waals surface area contributed by atoms with E-state index in [1.807, 2.05) is 0 Å². The van der Waals surface area contributed by atoms with Gasteiger partial charge in [0.1, 0.15) is 17.7 Å². The maximum Gasteiger partial charge on any atom is 0.218 e. The Hall–Kier alpha value is -1.32. The minimum absolute atomic E-state index is 0.296. The number of rotatable bonds is 4. The number of aromatic nitrogens is 2. The van der Waals surface area contributed by atoms with Gasteiger partial charge in [0.05, 0.1) is 0 Å². The highest BCUT2D eigenvalue weighted by Gasteiger charge is 2.20. The van der Waals surface area contributed by atoms with Gasteiger partial charge in [-0.1, -0.05) is 13.8 Å². The van der Waals surface area contributed by atoms with E-state index in [2.05, 4.69) is 23.8 Å². The summed E-state index contributed by atoms with van der Waals surface area (Å²) in [6, 6.07) is 1.73. The van der Waals surface area contributed by atoms with Crippen LogP contribution in [-0.4, -0.2) is 16.1 Å². The van der Waals surface area contributed by atoms with Gasteiger partial charge >= 0.3 is 0 Å². The summed E-state index contributed by atoms with van der Waals surface area (Å²) in [6.07, 6.45) is 6.89. The predicted octanol–water partition coefficient (Wildman–Crippen LogP) is 2.97. The van der Waals surface area contributed by atoms with Crippen molar-refractivity contribution in [1.29, 1.82) is 0 Å². The predicted molar refractivity (Wildman–Crippen MR) is 72.5 cm³/mol. The van der Waals surface area contributed by atoms with Gasteiger partial charge in [-0.05, 0) is 38.0 Å². The molecule has 0 spiro atoms. The summed E-state index contributed by atoms with van der Waals surface area (Å²) in [5.74, 6) is 2.77. The molecule has 1 aromatic rings. The Labute approximate surface area is 109 Å². The molecule has 2 rings (SSSR count). The maximum atomic E-state index is 5.94. The van der Waals surface area contributed by atoms with E-state index in [-0.39, 0.29) is 0 Å². The second-order valence-electron chi connectivity index (χ2n) is 5.30. The van der Waals surface area contributed by atoms with Crippen LogP contribution in [0.15, 0.2) is 6.07 Å². The average molecular weight is 249 g/mol. The third-order valence-electron chi connectivity index (χ3n) is 3.49. The summed E-state index contributed by atoms with van der Waals surface area (Å²) in [6.45, 7) is 4.41. The average Bonchev–Trinajstić information content (AvgIpc) is 2.32. The van der Waals surface area contributed by atoms with Crippen LogP contribution in [0.3, 0.4) is 0 Å². The van der Waals surface area contributed by atoms with E-state index >= 15 is 0 Å². The molecule has 4 heteroatoms. The first-order valence-electron chi connectivity index (χ1n) is 6.97. The van der Waals surface area contributed by atoms with Gasteiger partial charge in [0.25, 0.3) is 0 Å². The lowest BCUT2D eigenvalue weighted by atomic mass is 9.89. The molecule has 4 nitrogen and oxygen atoms in total. The Kier molecular flexibility index (Phi) is 4.39. The van der Waals surface area contributed by atoms with E-state index in [1.165, 1.54) is 12.8 Å². The van der Waals surface area contributed by atoms with Crippen molar-refractivity contribution in [2.75, 3.05) is 5.73 Å². The molecular formula is C14H23N3O. The monoisotopic (exact) mass is 249 g/mol. The molecule has 0 aliphatic heterocycles. The van der Waals surface area contributed by atoms with Gasteiger partial charge in [-0.2, -0.15) is 4.98 Å².